The van der Waals surface area contributed by atoms with Gasteiger partial charge in [0.2, 0.25) is 0 Å². The van der Waals surface area contributed by atoms with E-state index in [1.54, 1.807) is 0 Å². The summed E-state index contributed by atoms with van der Waals surface area (Å²) in [6.07, 6.45) is 6.95. The predicted octanol–water partition coefficient (Wildman–Crippen LogP) is 2.38. The first-order valence-electron chi connectivity index (χ1n) is 7.12. The van der Waals surface area contributed by atoms with Gasteiger partial charge in [-0.2, -0.15) is 0 Å². The van der Waals surface area contributed by atoms with Crippen LogP contribution in [0.5, 0.6) is 0 Å². The summed E-state index contributed by atoms with van der Waals surface area (Å²) in [4.78, 5) is 26.7. The van der Waals surface area contributed by atoms with Crippen LogP contribution in [0.2, 0.25) is 0 Å². The summed E-state index contributed by atoms with van der Waals surface area (Å²) >= 11 is 0. The Kier molecular flexibility index (Phi) is 4.88. The van der Waals surface area contributed by atoms with Crippen LogP contribution in [-0.4, -0.2) is 28.5 Å². The summed E-state index contributed by atoms with van der Waals surface area (Å²) in [7, 11) is 0. The Hall–Kier alpha value is -1.98. The normalized spacial score (nSPS) is 17.2. The van der Waals surface area contributed by atoms with E-state index in [0.29, 0.717) is 0 Å². The van der Waals surface area contributed by atoms with E-state index < -0.39 is 23.1 Å². The number of aromatic nitrogens is 1. The van der Waals surface area contributed by atoms with E-state index in [2.05, 4.69) is 10.3 Å². The van der Waals surface area contributed by atoms with Crippen molar-refractivity contribution in [3.63, 3.8) is 0 Å². The molecule has 1 heterocycles. The molecule has 0 radical (unpaired) electrons. The lowest BCUT2D eigenvalue weighted by atomic mass is 9.71. The molecule has 1 saturated carbocycles. The van der Waals surface area contributed by atoms with Crippen molar-refractivity contribution in [2.24, 2.45) is 5.41 Å². The Bertz CT molecular complexity index is 527. The lowest BCUT2D eigenvalue weighted by Gasteiger charge is -2.36. The van der Waals surface area contributed by atoms with Crippen molar-refractivity contribution in [1.82, 2.24) is 10.3 Å². The highest BCUT2D eigenvalue weighted by atomic mass is 19.1. The Labute approximate surface area is 122 Å². The monoisotopic (exact) mass is 294 g/mol. The molecule has 21 heavy (non-hydrogen) atoms. The van der Waals surface area contributed by atoms with Crippen molar-refractivity contribution in [2.45, 2.75) is 38.5 Å². The number of halogens is 1. The number of nitrogens with one attached hydrogen (secondary N) is 1. The van der Waals surface area contributed by atoms with E-state index in [0.717, 1.165) is 38.3 Å². The van der Waals surface area contributed by atoms with Gasteiger partial charge in [-0.15, -0.1) is 0 Å². The van der Waals surface area contributed by atoms with Gasteiger partial charge in [0.05, 0.1) is 18.2 Å². The second kappa shape index (κ2) is 6.65. The molecule has 1 aromatic heterocycles. The molecule has 0 aromatic carbocycles. The Morgan fingerprint density at radius 2 is 2.05 bits per heavy atom. The fourth-order valence-corrected chi connectivity index (χ4v) is 2.96. The first-order chi connectivity index (χ1) is 10.0. The highest BCUT2D eigenvalue weighted by molar-refractivity contribution is 5.94. The molecule has 0 atom stereocenters. The highest BCUT2D eigenvalue weighted by Gasteiger charge is 2.34. The summed E-state index contributed by atoms with van der Waals surface area (Å²) in [6.45, 7) is 0.264. The number of carboxylic acids is 1. The van der Waals surface area contributed by atoms with Crippen LogP contribution in [0.1, 0.15) is 48.9 Å². The number of rotatable bonds is 5. The fourth-order valence-electron chi connectivity index (χ4n) is 2.96. The van der Waals surface area contributed by atoms with E-state index in [9.17, 15) is 14.0 Å². The summed E-state index contributed by atoms with van der Waals surface area (Å²) < 4.78 is 13.5. The van der Waals surface area contributed by atoms with Gasteiger partial charge in [0.25, 0.3) is 5.91 Å². The standard InChI is InChI=1S/C15H19FN2O3/c16-12-9-17-7-4-11(12)14(21)18-10-15(8-13(19)20)5-2-1-3-6-15/h4,7,9H,1-3,5-6,8,10H2,(H,18,21)(H,19,20). The van der Waals surface area contributed by atoms with Gasteiger partial charge in [-0.25, -0.2) is 4.39 Å². The van der Waals surface area contributed by atoms with Gasteiger partial charge in [0, 0.05) is 12.7 Å². The number of pyridine rings is 1. The third kappa shape index (κ3) is 4.00. The summed E-state index contributed by atoms with van der Waals surface area (Å²) in [5, 5.41) is 11.8. The van der Waals surface area contributed by atoms with Crippen LogP contribution < -0.4 is 5.32 Å². The van der Waals surface area contributed by atoms with E-state index in [1.807, 2.05) is 0 Å². The zero-order chi connectivity index (χ0) is 15.3. The molecule has 2 N–H and O–H groups in total. The van der Waals surface area contributed by atoms with E-state index >= 15 is 0 Å². The van der Waals surface area contributed by atoms with Crippen LogP contribution in [0, 0.1) is 11.2 Å². The van der Waals surface area contributed by atoms with Crippen molar-refractivity contribution >= 4 is 11.9 Å². The molecule has 114 valence electrons. The SMILES string of the molecule is O=C(O)CC1(CNC(=O)c2ccncc2F)CCCCC1. The third-order valence-corrected chi connectivity index (χ3v) is 4.08. The number of nitrogens with zero attached hydrogens (tertiary/aromatic N) is 1. The van der Waals surface area contributed by atoms with Crippen LogP contribution >= 0.6 is 0 Å². The second-order valence-corrected chi connectivity index (χ2v) is 5.67. The first-order valence-corrected chi connectivity index (χ1v) is 7.12. The maximum absolute atomic E-state index is 13.5. The summed E-state index contributed by atoms with van der Waals surface area (Å²) in [5.41, 5.74) is -0.477. The molecule has 6 heteroatoms. The fraction of sp³-hybridized carbons (Fsp3) is 0.533. The zero-order valence-electron chi connectivity index (χ0n) is 11.8. The highest BCUT2D eigenvalue weighted by Crippen LogP contribution is 2.38. The lowest BCUT2D eigenvalue weighted by Crippen LogP contribution is -2.40. The topological polar surface area (TPSA) is 79.3 Å². The van der Waals surface area contributed by atoms with Gasteiger partial charge in [-0.05, 0) is 24.3 Å². The van der Waals surface area contributed by atoms with Gasteiger partial charge in [0.15, 0.2) is 5.82 Å². The molecule has 1 amide bonds. The number of aliphatic carboxylic acids is 1. The van der Waals surface area contributed by atoms with Gasteiger partial charge in [-0.1, -0.05) is 19.3 Å². The molecule has 2 rings (SSSR count). The van der Waals surface area contributed by atoms with Gasteiger partial charge in [0.1, 0.15) is 0 Å². The number of carboxylic acid groups (broad SMARTS) is 1. The third-order valence-electron chi connectivity index (χ3n) is 4.08. The number of amides is 1. The zero-order valence-corrected chi connectivity index (χ0v) is 11.8. The molecular formula is C15H19FN2O3. The molecule has 0 bridgehead atoms. The smallest absolute Gasteiger partial charge is 0.303 e. The summed E-state index contributed by atoms with van der Waals surface area (Å²) in [5.74, 6) is -2.06. The van der Waals surface area contributed by atoms with Gasteiger partial charge >= 0.3 is 5.97 Å². The predicted molar refractivity (Wildman–Crippen MR) is 74.3 cm³/mol. The molecule has 0 unspecified atom stereocenters. The minimum Gasteiger partial charge on any atom is -0.481 e. The Morgan fingerprint density at radius 3 is 2.67 bits per heavy atom. The average molecular weight is 294 g/mol. The van der Waals surface area contributed by atoms with Crippen molar-refractivity contribution in [3.05, 3.63) is 29.8 Å². The van der Waals surface area contributed by atoms with Crippen LogP contribution in [-0.2, 0) is 4.79 Å². The Morgan fingerprint density at radius 1 is 1.33 bits per heavy atom. The lowest BCUT2D eigenvalue weighted by molar-refractivity contribution is -0.140. The molecule has 1 aromatic rings. The summed E-state index contributed by atoms with van der Waals surface area (Å²) in [6, 6.07) is 1.31. The van der Waals surface area contributed by atoms with Crippen molar-refractivity contribution in [3.8, 4) is 0 Å². The largest absolute Gasteiger partial charge is 0.481 e. The van der Waals surface area contributed by atoms with E-state index in [4.69, 9.17) is 5.11 Å². The number of carbonyl (C=O) groups excluding carboxylic acids is 1. The first kappa shape index (κ1) is 15.4. The maximum Gasteiger partial charge on any atom is 0.303 e. The molecule has 5 nitrogen and oxygen atoms in total. The quantitative estimate of drug-likeness (QED) is 0.874. The van der Waals surface area contributed by atoms with Crippen molar-refractivity contribution in [2.75, 3.05) is 6.54 Å². The van der Waals surface area contributed by atoms with E-state index in [1.165, 1.54) is 12.3 Å². The van der Waals surface area contributed by atoms with Gasteiger partial charge < -0.3 is 10.4 Å². The van der Waals surface area contributed by atoms with Gasteiger partial charge in [-0.3, -0.25) is 14.6 Å². The number of hydrogen-bond donors (Lipinski definition) is 2. The molecular weight excluding hydrogens is 275 g/mol. The maximum atomic E-state index is 13.5. The number of hydrogen-bond acceptors (Lipinski definition) is 3. The van der Waals surface area contributed by atoms with Crippen LogP contribution in [0.15, 0.2) is 18.5 Å². The molecule has 0 spiro atoms. The average Bonchev–Trinajstić information content (AvgIpc) is 2.46. The van der Waals surface area contributed by atoms with Crippen LogP contribution in [0.3, 0.4) is 0 Å². The van der Waals surface area contributed by atoms with Crippen LogP contribution in [0.4, 0.5) is 4.39 Å². The minimum atomic E-state index is -0.860. The Balaban J connectivity index is 2.03. The molecule has 0 saturated heterocycles. The van der Waals surface area contributed by atoms with E-state index in [-0.39, 0.29) is 18.5 Å². The minimum absolute atomic E-state index is 0.0338. The molecule has 1 aliphatic carbocycles. The van der Waals surface area contributed by atoms with Crippen molar-refractivity contribution < 1.29 is 19.1 Å². The second-order valence-electron chi connectivity index (χ2n) is 5.67. The van der Waals surface area contributed by atoms with Crippen LogP contribution in [0.25, 0.3) is 0 Å². The molecule has 1 aliphatic rings. The molecule has 0 aliphatic heterocycles. The number of carbonyl (C=O) groups is 2. The van der Waals surface area contributed by atoms with Crippen molar-refractivity contribution in [1.29, 1.82) is 0 Å². The molecule has 1 fully saturated rings.